The zero-order chi connectivity index (χ0) is 16.9. The number of nitrogens with zero attached hydrogens (tertiary/aromatic N) is 1. The lowest BCUT2D eigenvalue weighted by molar-refractivity contribution is 0.0432. The molecule has 2 heterocycles. The van der Waals surface area contributed by atoms with Crippen molar-refractivity contribution in [1.29, 1.82) is 0 Å². The molecule has 10 heteroatoms. The van der Waals surface area contributed by atoms with Crippen molar-refractivity contribution < 1.29 is 14.3 Å². The highest BCUT2D eigenvalue weighted by Gasteiger charge is 2.35. The van der Waals surface area contributed by atoms with Crippen molar-refractivity contribution in [3.05, 3.63) is 23.4 Å². The molecule has 1 aliphatic heterocycles. The van der Waals surface area contributed by atoms with Gasteiger partial charge in [-0.3, -0.25) is 5.32 Å². The molecule has 0 unspecified atom stereocenters. The molecule has 6 nitrogen and oxygen atoms in total. The van der Waals surface area contributed by atoms with Crippen molar-refractivity contribution >= 4 is 58.3 Å². The zero-order valence-corrected chi connectivity index (χ0v) is 14.9. The minimum Gasteiger partial charge on any atom is -0.447 e. The molecule has 1 aromatic rings. The summed E-state index contributed by atoms with van der Waals surface area (Å²) in [5, 5.41) is 5.71. The van der Waals surface area contributed by atoms with Crippen LogP contribution >= 0.6 is 46.4 Å². The van der Waals surface area contributed by atoms with E-state index in [2.05, 4.69) is 15.6 Å². The van der Waals surface area contributed by atoms with Crippen molar-refractivity contribution in [3.8, 4) is 0 Å². The Hall–Kier alpha value is -0.660. The molecule has 2 atom stereocenters. The van der Waals surface area contributed by atoms with Gasteiger partial charge in [0, 0.05) is 12.8 Å². The molecule has 0 aliphatic carbocycles. The van der Waals surface area contributed by atoms with Crippen LogP contribution < -0.4 is 10.6 Å². The number of ether oxygens (including phenoxy) is 2. The summed E-state index contributed by atoms with van der Waals surface area (Å²) in [7, 11) is 0. The first-order valence-electron chi connectivity index (χ1n) is 6.84. The summed E-state index contributed by atoms with van der Waals surface area (Å²) >= 11 is 23.4. The molecule has 0 aromatic carbocycles. The average molecular weight is 403 g/mol. The van der Waals surface area contributed by atoms with E-state index in [1.54, 1.807) is 12.1 Å². The van der Waals surface area contributed by atoms with Crippen LogP contribution in [0.1, 0.15) is 12.8 Å². The van der Waals surface area contributed by atoms with E-state index >= 15 is 0 Å². The van der Waals surface area contributed by atoms with Crippen LogP contribution in [0.4, 0.5) is 10.6 Å². The standard InChI is InChI=1S/C13H15Cl4N3O3/c14-8-3-4-10(18-6-8)19-11(13(15,16)17)20-12(21)23-7-9-2-1-5-22-9/h3-4,6,9,11H,1-2,5,7H2,(H,18,19)(H,20,21)/t9-,11+/m0/s1. The van der Waals surface area contributed by atoms with E-state index in [0.717, 1.165) is 12.8 Å². The van der Waals surface area contributed by atoms with Crippen LogP contribution in [0.3, 0.4) is 0 Å². The van der Waals surface area contributed by atoms with Crippen LogP contribution in [-0.4, -0.2) is 40.4 Å². The number of aromatic nitrogens is 1. The number of alkyl halides is 3. The van der Waals surface area contributed by atoms with Crippen LogP contribution in [0, 0.1) is 0 Å². The molecule has 23 heavy (non-hydrogen) atoms. The number of amides is 1. The van der Waals surface area contributed by atoms with Crippen molar-refractivity contribution in [1.82, 2.24) is 10.3 Å². The smallest absolute Gasteiger partial charge is 0.408 e. The maximum Gasteiger partial charge on any atom is 0.408 e. The third kappa shape index (κ3) is 6.39. The largest absolute Gasteiger partial charge is 0.447 e. The number of halogens is 4. The Balaban J connectivity index is 1.89. The number of rotatable bonds is 5. The summed E-state index contributed by atoms with van der Waals surface area (Å²) in [6.07, 6.45) is 1.38. The van der Waals surface area contributed by atoms with Gasteiger partial charge in [0.25, 0.3) is 0 Å². The third-order valence-electron chi connectivity index (χ3n) is 3.03. The third-order valence-corrected chi connectivity index (χ3v) is 3.91. The van der Waals surface area contributed by atoms with Crippen LogP contribution in [0.5, 0.6) is 0 Å². The van der Waals surface area contributed by atoms with E-state index in [-0.39, 0.29) is 12.7 Å². The molecule has 0 bridgehead atoms. The van der Waals surface area contributed by atoms with Crippen molar-refractivity contribution in [2.75, 3.05) is 18.5 Å². The van der Waals surface area contributed by atoms with Gasteiger partial charge >= 0.3 is 6.09 Å². The minimum absolute atomic E-state index is 0.0853. The Bertz CT molecular complexity index is 518. The Kier molecular flexibility index (Phi) is 6.85. The first-order chi connectivity index (χ1) is 10.8. The van der Waals surface area contributed by atoms with Crippen molar-refractivity contribution in [2.45, 2.75) is 28.9 Å². The maximum atomic E-state index is 11.9. The van der Waals surface area contributed by atoms with E-state index in [4.69, 9.17) is 55.9 Å². The highest BCUT2D eigenvalue weighted by molar-refractivity contribution is 6.68. The first kappa shape index (κ1) is 18.7. The first-order valence-corrected chi connectivity index (χ1v) is 8.35. The Morgan fingerprint density at radius 3 is 2.83 bits per heavy atom. The van der Waals surface area contributed by atoms with Gasteiger partial charge in [0.15, 0.2) is 6.17 Å². The summed E-state index contributed by atoms with van der Waals surface area (Å²) in [4.78, 5) is 15.9. The highest BCUT2D eigenvalue weighted by atomic mass is 35.6. The minimum atomic E-state index is -1.82. The van der Waals surface area contributed by atoms with Gasteiger partial charge in [-0.05, 0) is 25.0 Å². The Morgan fingerprint density at radius 1 is 1.48 bits per heavy atom. The molecule has 0 spiro atoms. The molecule has 2 rings (SSSR count). The lowest BCUT2D eigenvalue weighted by Gasteiger charge is -2.26. The van der Waals surface area contributed by atoms with Crippen molar-refractivity contribution in [3.63, 3.8) is 0 Å². The number of hydrogen-bond donors (Lipinski definition) is 2. The number of carbonyl (C=O) groups excluding carboxylic acids is 1. The fourth-order valence-electron chi connectivity index (χ4n) is 1.91. The number of pyridine rings is 1. The molecule has 1 fully saturated rings. The van der Waals surface area contributed by atoms with Gasteiger partial charge < -0.3 is 14.8 Å². The van der Waals surface area contributed by atoms with Crippen LogP contribution in [-0.2, 0) is 9.47 Å². The quantitative estimate of drug-likeness (QED) is 0.579. The van der Waals surface area contributed by atoms with Crippen LogP contribution in [0.25, 0.3) is 0 Å². The highest BCUT2D eigenvalue weighted by Crippen LogP contribution is 2.31. The second-order valence-electron chi connectivity index (χ2n) is 4.86. The van der Waals surface area contributed by atoms with E-state index < -0.39 is 16.1 Å². The van der Waals surface area contributed by atoms with Gasteiger partial charge in [0.2, 0.25) is 3.79 Å². The predicted octanol–water partition coefficient (Wildman–Crippen LogP) is 3.75. The molecular formula is C13H15Cl4N3O3. The second kappa shape index (κ2) is 8.44. The molecule has 1 amide bonds. The molecule has 1 saturated heterocycles. The summed E-state index contributed by atoms with van der Waals surface area (Å²) in [5.74, 6) is 0.380. The Labute approximate surface area is 153 Å². The number of hydrogen-bond acceptors (Lipinski definition) is 5. The van der Waals surface area contributed by atoms with E-state index in [9.17, 15) is 4.79 Å². The van der Waals surface area contributed by atoms with Gasteiger partial charge in [0.1, 0.15) is 12.4 Å². The molecule has 2 N–H and O–H groups in total. The van der Waals surface area contributed by atoms with Crippen molar-refractivity contribution in [2.24, 2.45) is 0 Å². The molecule has 0 radical (unpaired) electrons. The Morgan fingerprint density at radius 2 is 2.26 bits per heavy atom. The number of nitrogens with one attached hydrogen (secondary N) is 2. The summed E-state index contributed by atoms with van der Waals surface area (Å²) < 4.78 is 8.62. The number of alkyl carbamates (subject to hydrolysis) is 1. The molecular weight excluding hydrogens is 388 g/mol. The molecule has 1 aliphatic rings. The SMILES string of the molecule is O=C(N[C@@H](Nc1ccc(Cl)cn1)C(Cl)(Cl)Cl)OC[C@@H]1CCCO1. The fourth-order valence-corrected chi connectivity index (χ4v) is 2.35. The van der Waals surface area contributed by atoms with Gasteiger partial charge in [-0.15, -0.1) is 0 Å². The summed E-state index contributed by atoms with van der Waals surface area (Å²) in [6.45, 7) is 0.827. The molecule has 1 aromatic heterocycles. The van der Waals surface area contributed by atoms with E-state index in [1.807, 2.05) is 0 Å². The lowest BCUT2D eigenvalue weighted by atomic mass is 10.2. The zero-order valence-electron chi connectivity index (χ0n) is 11.9. The molecule has 128 valence electrons. The van der Waals surface area contributed by atoms with Gasteiger partial charge in [-0.1, -0.05) is 46.4 Å². The summed E-state index contributed by atoms with van der Waals surface area (Å²) in [5.41, 5.74) is 0. The second-order valence-corrected chi connectivity index (χ2v) is 7.66. The van der Waals surface area contributed by atoms with Gasteiger partial charge in [-0.25, -0.2) is 9.78 Å². The van der Waals surface area contributed by atoms with Crippen LogP contribution in [0.2, 0.25) is 5.02 Å². The van der Waals surface area contributed by atoms with Gasteiger partial charge in [-0.2, -0.15) is 0 Å². The lowest BCUT2D eigenvalue weighted by Crippen LogP contribution is -2.49. The number of anilines is 1. The number of carbonyl (C=O) groups is 1. The van der Waals surface area contributed by atoms with E-state index in [1.165, 1.54) is 6.20 Å². The predicted molar refractivity (Wildman–Crippen MR) is 90.4 cm³/mol. The monoisotopic (exact) mass is 401 g/mol. The average Bonchev–Trinajstić information content (AvgIpc) is 2.99. The fraction of sp³-hybridized carbons (Fsp3) is 0.538. The maximum absolute atomic E-state index is 11.9. The topological polar surface area (TPSA) is 72.5 Å². The van der Waals surface area contributed by atoms with Gasteiger partial charge in [0.05, 0.1) is 11.1 Å². The summed E-state index contributed by atoms with van der Waals surface area (Å²) in [6, 6.07) is 3.20. The normalized spacial score (nSPS) is 19.2. The van der Waals surface area contributed by atoms with Crippen LogP contribution in [0.15, 0.2) is 18.3 Å². The van der Waals surface area contributed by atoms with E-state index in [0.29, 0.717) is 17.4 Å². The molecule has 0 saturated carbocycles.